The third-order valence-electron chi connectivity index (χ3n) is 2.50. The first-order chi connectivity index (χ1) is 9.81. The summed E-state index contributed by atoms with van der Waals surface area (Å²) in [6, 6.07) is 3.86. The summed E-state index contributed by atoms with van der Waals surface area (Å²) in [5.74, 6) is 0.721. The van der Waals surface area contributed by atoms with Crippen LogP contribution < -0.4 is 10.6 Å². The van der Waals surface area contributed by atoms with Gasteiger partial charge in [0.1, 0.15) is 5.82 Å². The number of anilines is 3. The van der Waals surface area contributed by atoms with E-state index >= 15 is 0 Å². The molecule has 0 aliphatic carbocycles. The van der Waals surface area contributed by atoms with Crippen molar-refractivity contribution in [3.05, 3.63) is 38.9 Å². The number of halogens is 5. The monoisotopic (exact) mass is 424 g/mol. The number of hydrogen-bond acceptors (Lipinski definition) is 4. The van der Waals surface area contributed by atoms with Gasteiger partial charge in [-0.3, -0.25) is 0 Å². The molecule has 21 heavy (non-hydrogen) atoms. The Morgan fingerprint density at radius 3 is 2.48 bits per heavy atom. The van der Waals surface area contributed by atoms with E-state index in [4.69, 9.17) is 0 Å². The largest absolute Gasteiger partial charge is 0.417 e. The Kier molecular flexibility index (Phi) is 4.72. The van der Waals surface area contributed by atoms with E-state index in [1.165, 1.54) is 18.3 Å². The second kappa shape index (κ2) is 6.18. The van der Waals surface area contributed by atoms with Gasteiger partial charge in [0.15, 0.2) is 0 Å². The van der Waals surface area contributed by atoms with Gasteiger partial charge in [-0.2, -0.15) is 18.2 Å². The molecule has 0 spiro atoms. The molecular weight excluding hydrogens is 417 g/mol. The average Bonchev–Trinajstić information content (AvgIpc) is 2.42. The number of aromatic nitrogens is 2. The molecule has 0 amide bonds. The quantitative estimate of drug-likeness (QED) is 0.741. The van der Waals surface area contributed by atoms with Crippen molar-refractivity contribution in [1.29, 1.82) is 0 Å². The van der Waals surface area contributed by atoms with Crippen LogP contribution in [0, 0.1) is 0 Å². The standard InChI is InChI=1S/C12H9Br2F3N4/c1-18-11-19-5-9(14)10(21-11)20-6-2-3-8(13)7(4-6)12(15,16)17/h2-5H,1H3,(H2,18,19,20,21). The number of alkyl halides is 3. The molecule has 0 aliphatic rings. The normalized spacial score (nSPS) is 11.3. The SMILES string of the molecule is CNc1ncc(Br)c(Nc2ccc(Br)c(C(F)(F)F)c2)n1. The molecule has 0 fully saturated rings. The van der Waals surface area contributed by atoms with Gasteiger partial charge in [0.25, 0.3) is 0 Å². The van der Waals surface area contributed by atoms with Crippen LogP contribution in [0.5, 0.6) is 0 Å². The van der Waals surface area contributed by atoms with Crippen LogP contribution in [0.3, 0.4) is 0 Å². The Morgan fingerprint density at radius 1 is 1.14 bits per heavy atom. The highest BCUT2D eigenvalue weighted by atomic mass is 79.9. The van der Waals surface area contributed by atoms with Gasteiger partial charge in [-0.15, -0.1) is 0 Å². The first-order valence-electron chi connectivity index (χ1n) is 5.65. The first kappa shape index (κ1) is 16.0. The molecule has 0 bridgehead atoms. The van der Waals surface area contributed by atoms with E-state index in [-0.39, 0.29) is 10.2 Å². The summed E-state index contributed by atoms with van der Waals surface area (Å²) in [4.78, 5) is 8.10. The molecule has 0 unspecified atom stereocenters. The lowest BCUT2D eigenvalue weighted by Crippen LogP contribution is -2.07. The lowest BCUT2D eigenvalue weighted by Gasteiger charge is -2.13. The minimum atomic E-state index is -4.43. The Morgan fingerprint density at radius 2 is 1.86 bits per heavy atom. The summed E-state index contributed by atoms with van der Waals surface area (Å²) in [5, 5.41) is 5.58. The maximum Gasteiger partial charge on any atom is 0.417 e. The number of nitrogens with one attached hydrogen (secondary N) is 2. The fourth-order valence-electron chi connectivity index (χ4n) is 1.53. The molecule has 0 radical (unpaired) electrons. The summed E-state index contributed by atoms with van der Waals surface area (Å²) >= 11 is 6.14. The van der Waals surface area contributed by atoms with Crippen molar-refractivity contribution < 1.29 is 13.2 Å². The number of hydrogen-bond donors (Lipinski definition) is 2. The molecule has 0 aliphatic heterocycles. The zero-order valence-electron chi connectivity index (χ0n) is 10.6. The lowest BCUT2D eigenvalue weighted by atomic mass is 10.2. The average molecular weight is 426 g/mol. The zero-order valence-corrected chi connectivity index (χ0v) is 13.8. The molecule has 2 aromatic rings. The van der Waals surface area contributed by atoms with E-state index < -0.39 is 11.7 Å². The van der Waals surface area contributed by atoms with Crippen molar-refractivity contribution in [3.8, 4) is 0 Å². The van der Waals surface area contributed by atoms with Crippen LogP contribution >= 0.6 is 31.9 Å². The van der Waals surface area contributed by atoms with Gasteiger partial charge in [-0.25, -0.2) is 4.98 Å². The van der Waals surface area contributed by atoms with Gasteiger partial charge < -0.3 is 10.6 Å². The van der Waals surface area contributed by atoms with Crippen LogP contribution in [0.1, 0.15) is 5.56 Å². The highest BCUT2D eigenvalue weighted by molar-refractivity contribution is 9.10. The number of benzene rings is 1. The van der Waals surface area contributed by atoms with Crippen molar-refractivity contribution in [1.82, 2.24) is 9.97 Å². The van der Waals surface area contributed by atoms with Gasteiger partial charge in [0.2, 0.25) is 5.95 Å². The predicted octanol–water partition coefficient (Wildman–Crippen LogP) is 4.81. The molecule has 9 heteroatoms. The van der Waals surface area contributed by atoms with Gasteiger partial charge in [0, 0.05) is 23.4 Å². The number of nitrogens with zero attached hydrogens (tertiary/aromatic N) is 2. The molecule has 1 aromatic heterocycles. The Balaban J connectivity index is 2.36. The van der Waals surface area contributed by atoms with Crippen molar-refractivity contribution >= 4 is 49.3 Å². The summed E-state index contributed by atoms with van der Waals surface area (Å²) in [5.41, 5.74) is -0.488. The summed E-state index contributed by atoms with van der Waals surface area (Å²) < 4.78 is 39.1. The van der Waals surface area contributed by atoms with Crippen molar-refractivity contribution in [2.24, 2.45) is 0 Å². The second-order valence-corrected chi connectivity index (χ2v) is 5.67. The third-order valence-corrected chi connectivity index (χ3v) is 3.77. The maximum atomic E-state index is 12.9. The van der Waals surface area contributed by atoms with Gasteiger partial charge in [-0.1, -0.05) is 15.9 Å². The molecule has 2 N–H and O–H groups in total. The minimum absolute atomic E-state index is 0.0155. The molecule has 2 rings (SSSR count). The minimum Gasteiger partial charge on any atom is -0.357 e. The Labute approximate surface area is 135 Å². The van der Waals surface area contributed by atoms with E-state index in [9.17, 15) is 13.2 Å². The predicted molar refractivity (Wildman–Crippen MR) is 81.7 cm³/mol. The fourth-order valence-corrected chi connectivity index (χ4v) is 2.29. The van der Waals surface area contributed by atoms with Crippen molar-refractivity contribution in [3.63, 3.8) is 0 Å². The third kappa shape index (κ3) is 3.85. The van der Waals surface area contributed by atoms with E-state index in [2.05, 4.69) is 52.5 Å². The first-order valence-corrected chi connectivity index (χ1v) is 7.24. The molecule has 1 heterocycles. The smallest absolute Gasteiger partial charge is 0.357 e. The van der Waals surface area contributed by atoms with Gasteiger partial charge in [0.05, 0.1) is 10.0 Å². The molecule has 0 saturated carbocycles. The topological polar surface area (TPSA) is 49.8 Å². The van der Waals surface area contributed by atoms with Crippen molar-refractivity contribution in [2.75, 3.05) is 17.7 Å². The maximum absolute atomic E-state index is 12.9. The molecule has 0 saturated heterocycles. The highest BCUT2D eigenvalue weighted by Crippen LogP contribution is 2.37. The molecule has 0 atom stereocenters. The van der Waals surface area contributed by atoms with E-state index in [1.807, 2.05) is 0 Å². The lowest BCUT2D eigenvalue weighted by molar-refractivity contribution is -0.138. The zero-order chi connectivity index (χ0) is 15.6. The van der Waals surface area contributed by atoms with E-state index in [0.717, 1.165) is 6.07 Å². The summed E-state index contributed by atoms with van der Waals surface area (Å²) in [7, 11) is 1.65. The summed E-state index contributed by atoms with van der Waals surface area (Å²) in [6.07, 6.45) is -2.93. The van der Waals surface area contributed by atoms with Crippen LogP contribution in [0.25, 0.3) is 0 Å². The van der Waals surface area contributed by atoms with Crippen LogP contribution in [-0.2, 0) is 6.18 Å². The van der Waals surface area contributed by atoms with Gasteiger partial charge >= 0.3 is 6.18 Å². The Hall–Kier alpha value is -1.35. The molecule has 1 aromatic carbocycles. The Bertz CT molecular complexity index is 661. The van der Waals surface area contributed by atoms with Crippen LogP contribution in [0.15, 0.2) is 33.3 Å². The molecule has 4 nitrogen and oxygen atoms in total. The van der Waals surface area contributed by atoms with Gasteiger partial charge in [-0.05, 0) is 34.1 Å². The summed E-state index contributed by atoms with van der Waals surface area (Å²) in [6.45, 7) is 0. The van der Waals surface area contributed by atoms with Crippen LogP contribution in [-0.4, -0.2) is 17.0 Å². The van der Waals surface area contributed by atoms with Crippen LogP contribution in [0.2, 0.25) is 0 Å². The van der Waals surface area contributed by atoms with Crippen molar-refractivity contribution in [2.45, 2.75) is 6.18 Å². The second-order valence-electron chi connectivity index (χ2n) is 3.96. The number of rotatable bonds is 3. The van der Waals surface area contributed by atoms with Crippen LogP contribution in [0.4, 0.5) is 30.6 Å². The highest BCUT2D eigenvalue weighted by Gasteiger charge is 2.33. The molecular formula is C12H9Br2F3N4. The van der Waals surface area contributed by atoms with E-state index in [1.54, 1.807) is 7.05 Å². The molecule has 112 valence electrons. The fraction of sp³-hybridized carbons (Fsp3) is 0.167. The van der Waals surface area contributed by atoms with E-state index in [0.29, 0.717) is 16.2 Å².